The van der Waals surface area contributed by atoms with Gasteiger partial charge >= 0.3 is 0 Å². The van der Waals surface area contributed by atoms with Gasteiger partial charge < -0.3 is 20.1 Å². The summed E-state index contributed by atoms with van der Waals surface area (Å²) in [7, 11) is -3.78. The molecule has 0 radical (unpaired) electrons. The third-order valence-corrected chi connectivity index (χ3v) is 6.82. The molecule has 3 N–H and O–H groups in total. The fraction of sp³-hybridized carbons (Fsp3) is 0.409. The van der Waals surface area contributed by atoms with Crippen molar-refractivity contribution in [2.45, 2.75) is 49.6 Å². The highest BCUT2D eigenvalue weighted by Gasteiger charge is 2.21. The van der Waals surface area contributed by atoms with Crippen LogP contribution < -0.4 is 24.8 Å². The molecule has 1 fully saturated rings. The van der Waals surface area contributed by atoms with Gasteiger partial charge in [-0.3, -0.25) is 9.52 Å². The largest absolute Gasteiger partial charge is 0.486 e. The van der Waals surface area contributed by atoms with Crippen LogP contribution in [-0.4, -0.2) is 39.6 Å². The monoisotopic (exact) mass is 445 g/mol. The van der Waals surface area contributed by atoms with Crippen LogP contribution in [0.1, 0.15) is 32.6 Å². The molecule has 2 aromatic rings. The SMILES string of the molecule is CC(Nc1ccc(NS(=O)(=O)c2ccc3c(c2)OCCO3)cc1)C(=O)NC1CCCC1. The predicted molar refractivity (Wildman–Crippen MR) is 118 cm³/mol. The lowest BCUT2D eigenvalue weighted by Crippen LogP contribution is -2.42. The zero-order valence-electron chi connectivity index (χ0n) is 17.4. The third-order valence-electron chi connectivity index (χ3n) is 5.44. The van der Waals surface area contributed by atoms with Gasteiger partial charge in [-0.15, -0.1) is 0 Å². The van der Waals surface area contributed by atoms with E-state index in [1.807, 2.05) is 6.92 Å². The van der Waals surface area contributed by atoms with Crippen LogP contribution in [0.2, 0.25) is 0 Å². The van der Waals surface area contributed by atoms with Gasteiger partial charge in [-0.2, -0.15) is 0 Å². The Morgan fingerprint density at radius 2 is 1.61 bits per heavy atom. The number of rotatable bonds is 7. The number of ether oxygens (including phenoxy) is 2. The molecule has 1 aliphatic carbocycles. The van der Waals surface area contributed by atoms with E-state index in [0.29, 0.717) is 30.4 Å². The van der Waals surface area contributed by atoms with Crippen LogP contribution in [0.3, 0.4) is 0 Å². The molecular weight excluding hydrogens is 418 g/mol. The molecule has 1 amide bonds. The Bertz CT molecular complexity index is 1030. The van der Waals surface area contributed by atoms with Crippen molar-refractivity contribution in [2.24, 2.45) is 0 Å². The highest BCUT2D eigenvalue weighted by atomic mass is 32.2. The van der Waals surface area contributed by atoms with Gasteiger partial charge in [-0.1, -0.05) is 12.8 Å². The van der Waals surface area contributed by atoms with Crippen LogP contribution in [0.5, 0.6) is 11.5 Å². The van der Waals surface area contributed by atoms with Crippen LogP contribution in [-0.2, 0) is 14.8 Å². The van der Waals surface area contributed by atoms with E-state index in [-0.39, 0.29) is 22.9 Å². The molecule has 1 aliphatic heterocycles. The number of hydrogen-bond acceptors (Lipinski definition) is 6. The zero-order valence-corrected chi connectivity index (χ0v) is 18.2. The van der Waals surface area contributed by atoms with Gasteiger partial charge in [0.25, 0.3) is 10.0 Å². The lowest BCUT2D eigenvalue weighted by atomic mass is 10.2. The molecule has 0 spiro atoms. The number of carbonyl (C=O) groups is 1. The molecule has 1 saturated carbocycles. The normalized spacial score (nSPS) is 17.1. The summed E-state index contributed by atoms with van der Waals surface area (Å²) in [4.78, 5) is 12.4. The second-order valence-electron chi connectivity index (χ2n) is 7.84. The van der Waals surface area contributed by atoms with Gasteiger partial charge in [0.2, 0.25) is 5.91 Å². The highest BCUT2D eigenvalue weighted by molar-refractivity contribution is 7.92. The maximum absolute atomic E-state index is 12.7. The molecule has 2 aliphatic rings. The fourth-order valence-electron chi connectivity index (χ4n) is 3.75. The number of anilines is 2. The molecule has 0 saturated heterocycles. The van der Waals surface area contributed by atoms with Crippen molar-refractivity contribution in [3.8, 4) is 11.5 Å². The van der Waals surface area contributed by atoms with E-state index in [0.717, 1.165) is 31.4 Å². The first kappa shape index (κ1) is 21.3. The summed E-state index contributed by atoms with van der Waals surface area (Å²) in [5, 5.41) is 6.22. The number of hydrogen-bond donors (Lipinski definition) is 3. The first-order chi connectivity index (χ1) is 14.9. The third kappa shape index (κ3) is 5.22. The van der Waals surface area contributed by atoms with E-state index >= 15 is 0 Å². The first-order valence-corrected chi connectivity index (χ1v) is 12.0. The second-order valence-corrected chi connectivity index (χ2v) is 9.53. The molecule has 1 unspecified atom stereocenters. The molecule has 1 atom stereocenters. The van der Waals surface area contributed by atoms with Crippen LogP contribution >= 0.6 is 0 Å². The molecule has 8 nitrogen and oxygen atoms in total. The maximum atomic E-state index is 12.7. The minimum absolute atomic E-state index is 0.0321. The Hall–Kier alpha value is -2.94. The van der Waals surface area contributed by atoms with Gasteiger partial charge in [0.15, 0.2) is 11.5 Å². The van der Waals surface area contributed by atoms with Crippen molar-refractivity contribution in [1.82, 2.24) is 5.32 Å². The summed E-state index contributed by atoms with van der Waals surface area (Å²) in [5.41, 5.74) is 1.15. The Morgan fingerprint density at radius 3 is 2.32 bits per heavy atom. The molecule has 4 rings (SSSR count). The smallest absolute Gasteiger partial charge is 0.262 e. The number of amides is 1. The molecule has 31 heavy (non-hydrogen) atoms. The maximum Gasteiger partial charge on any atom is 0.262 e. The van der Waals surface area contributed by atoms with Crippen LogP contribution in [0, 0.1) is 0 Å². The van der Waals surface area contributed by atoms with E-state index in [2.05, 4.69) is 15.4 Å². The summed E-state index contributed by atoms with van der Waals surface area (Å²) in [6.07, 6.45) is 4.40. The van der Waals surface area contributed by atoms with Gasteiger partial charge in [0, 0.05) is 23.5 Å². The average Bonchev–Trinajstić information content (AvgIpc) is 3.27. The lowest BCUT2D eigenvalue weighted by molar-refractivity contribution is -0.122. The van der Waals surface area contributed by atoms with Gasteiger partial charge in [0.1, 0.15) is 19.3 Å². The minimum atomic E-state index is -3.78. The van der Waals surface area contributed by atoms with Crippen molar-refractivity contribution in [3.63, 3.8) is 0 Å². The van der Waals surface area contributed by atoms with E-state index in [4.69, 9.17) is 9.47 Å². The second kappa shape index (κ2) is 9.05. The molecule has 0 bridgehead atoms. The van der Waals surface area contributed by atoms with E-state index < -0.39 is 10.0 Å². The standard InChI is InChI=1S/C22H27N3O5S/c1-15(22(26)24-16-4-2-3-5-16)23-17-6-8-18(9-7-17)25-31(27,28)19-10-11-20-21(14-19)30-13-12-29-20/h6-11,14-16,23,25H,2-5,12-13H2,1H3,(H,24,26). The van der Waals surface area contributed by atoms with Gasteiger partial charge in [0.05, 0.1) is 4.90 Å². The predicted octanol–water partition coefficient (Wildman–Crippen LogP) is 3.12. The van der Waals surface area contributed by atoms with E-state index in [1.54, 1.807) is 30.3 Å². The lowest BCUT2D eigenvalue weighted by Gasteiger charge is -2.19. The van der Waals surface area contributed by atoms with Crippen LogP contribution in [0.25, 0.3) is 0 Å². The quantitative estimate of drug-likeness (QED) is 0.605. The fourth-order valence-corrected chi connectivity index (χ4v) is 4.82. The number of benzene rings is 2. The molecule has 166 valence electrons. The molecule has 0 aromatic heterocycles. The summed E-state index contributed by atoms with van der Waals surface area (Å²) >= 11 is 0. The molecule has 9 heteroatoms. The van der Waals surface area contributed by atoms with E-state index in [1.165, 1.54) is 12.1 Å². The van der Waals surface area contributed by atoms with Gasteiger partial charge in [-0.05, 0) is 56.2 Å². The number of fused-ring (bicyclic) bond motifs is 1. The van der Waals surface area contributed by atoms with Gasteiger partial charge in [-0.25, -0.2) is 8.42 Å². The Morgan fingerprint density at radius 1 is 0.968 bits per heavy atom. The Labute approximate surface area is 182 Å². The van der Waals surface area contributed by atoms with Crippen LogP contribution in [0.4, 0.5) is 11.4 Å². The van der Waals surface area contributed by atoms with Crippen molar-refractivity contribution in [2.75, 3.05) is 23.3 Å². The highest BCUT2D eigenvalue weighted by Crippen LogP contribution is 2.32. The summed E-state index contributed by atoms with van der Waals surface area (Å²) in [6.45, 7) is 2.64. The molecule has 2 aromatic carbocycles. The summed E-state index contributed by atoms with van der Waals surface area (Å²) < 4.78 is 38.9. The van der Waals surface area contributed by atoms with E-state index in [9.17, 15) is 13.2 Å². The Kier molecular flexibility index (Phi) is 6.22. The first-order valence-electron chi connectivity index (χ1n) is 10.5. The minimum Gasteiger partial charge on any atom is -0.486 e. The average molecular weight is 446 g/mol. The summed E-state index contributed by atoms with van der Waals surface area (Å²) in [6, 6.07) is 11.2. The summed E-state index contributed by atoms with van der Waals surface area (Å²) in [5.74, 6) is 0.917. The number of sulfonamides is 1. The number of carbonyl (C=O) groups excluding carboxylic acids is 1. The van der Waals surface area contributed by atoms with Crippen molar-refractivity contribution in [3.05, 3.63) is 42.5 Å². The zero-order chi connectivity index (χ0) is 21.8. The van der Waals surface area contributed by atoms with Crippen LogP contribution in [0.15, 0.2) is 47.4 Å². The van der Waals surface area contributed by atoms with Crippen molar-refractivity contribution >= 4 is 27.3 Å². The topological polar surface area (TPSA) is 106 Å². The molecule has 1 heterocycles. The van der Waals surface area contributed by atoms with Crippen molar-refractivity contribution in [1.29, 1.82) is 0 Å². The van der Waals surface area contributed by atoms with Crippen molar-refractivity contribution < 1.29 is 22.7 Å². The molecular formula is C22H27N3O5S. The Balaban J connectivity index is 1.37. The number of nitrogens with one attached hydrogen (secondary N) is 3.